The van der Waals surface area contributed by atoms with Crippen molar-refractivity contribution in [3.8, 4) is 0 Å². The molecule has 2 aromatic carbocycles. The molecule has 0 bridgehead atoms. The molecule has 7 heteroatoms. The van der Waals surface area contributed by atoms with Crippen LogP contribution in [0.2, 0.25) is 0 Å². The zero-order chi connectivity index (χ0) is 19.9. The van der Waals surface area contributed by atoms with Gasteiger partial charge in [-0.15, -0.1) is 11.3 Å². The molecule has 1 unspecified atom stereocenters. The molecule has 1 amide bonds. The molecule has 5 nitrogen and oxygen atoms in total. The highest BCUT2D eigenvalue weighted by Crippen LogP contribution is 2.26. The summed E-state index contributed by atoms with van der Waals surface area (Å²) in [7, 11) is 1.30. The number of carbonyl (C=O) groups is 2. The number of nitrogens with one attached hydrogen (secondary N) is 2. The largest absolute Gasteiger partial charge is 0.465 e. The van der Waals surface area contributed by atoms with Crippen LogP contribution in [0, 0.1) is 5.82 Å². The molecule has 0 fully saturated rings. The van der Waals surface area contributed by atoms with Gasteiger partial charge in [-0.2, -0.15) is 0 Å². The third-order valence-corrected chi connectivity index (χ3v) is 5.00. The van der Waals surface area contributed by atoms with Gasteiger partial charge in [0.2, 0.25) is 5.91 Å². The maximum absolute atomic E-state index is 13.2. The molecule has 1 atom stereocenters. The van der Waals surface area contributed by atoms with Crippen molar-refractivity contribution in [2.45, 2.75) is 6.04 Å². The van der Waals surface area contributed by atoms with Gasteiger partial charge in [-0.25, -0.2) is 9.18 Å². The van der Waals surface area contributed by atoms with Crippen LogP contribution in [0.1, 0.15) is 26.8 Å². The SMILES string of the molecule is COC(=O)c1cccc(NC(=O)CNC(c2ccc(F)cc2)c2cccs2)c1. The lowest BCUT2D eigenvalue weighted by molar-refractivity contribution is -0.115. The smallest absolute Gasteiger partial charge is 0.337 e. The molecular formula is C21H19FN2O3S. The van der Waals surface area contributed by atoms with Crippen LogP contribution in [0.15, 0.2) is 66.0 Å². The molecule has 2 N–H and O–H groups in total. The molecule has 0 radical (unpaired) electrons. The predicted octanol–water partition coefficient (Wildman–Crippen LogP) is 3.99. The van der Waals surface area contributed by atoms with Gasteiger partial charge in [-0.05, 0) is 47.3 Å². The standard InChI is InChI=1S/C21H19FN2O3S/c1-27-21(26)15-4-2-5-17(12-15)24-19(25)13-23-20(18-6-3-11-28-18)14-7-9-16(22)10-8-14/h2-12,20,23H,13H2,1H3,(H,24,25). The summed E-state index contributed by atoms with van der Waals surface area (Å²) in [5.41, 5.74) is 1.73. The second-order valence-corrected chi connectivity index (χ2v) is 6.98. The van der Waals surface area contributed by atoms with E-state index >= 15 is 0 Å². The number of hydrogen-bond donors (Lipinski definition) is 2. The molecule has 28 heavy (non-hydrogen) atoms. The zero-order valence-corrected chi connectivity index (χ0v) is 16.0. The lowest BCUT2D eigenvalue weighted by atomic mass is 10.1. The van der Waals surface area contributed by atoms with Crippen molar-refractivity contribution in [2.24, 2.45) is 0 Å². The van der Waals surface area contributed by atoms with E-state index in [4.69, 9.17) is 0 Å². The maximum Gasteiger partial charge on any atom is 0.337 e. The Morgan fingerprint density at radius 1 is 1.11 bits per heavy atom. The highest BCUT2D eigenvalue weighted by atomic mass is 32.1. The highest BCUT2D eigenvalue weighted by molar-refractivity contribution is 7.10. The molecule has 0 spiro atoms. The maximum atomic E-state index is 13.2. The first-order chi connectivity index (χ1) is 13.6. The topological polar surface area (TPSA) is 67.4 Å². The van der Waals surface area contributed by atoms with Crippen LogP contribution < -0.4 is 10.6 Å². The Hall–Kier alpha value is -3.03. The van der Waals surface area contributed by atoms with Crippen molar-refractivity contribution >= 4 is 28.9 Å². The molecule has 0 aliphatic carbocycles. The van der Waals surface area contributed by atoms with Crippen LogP contribution in [0.4, 0.5) is 10.1 Å². The van der Waals surface area contributed by atoms with E-state index in [1.807, 2.05) is 17.5 Å². The number of amides is 1. The fraction of sp³-hybridized carbons (Fsp3) is 0.143. The Bertz CT molecular complexity index is 943. The van der Waals surface area contributed by atoms with E-state index in [1.165, 1.54) is 19.2 Å². The van der Waals surface area contributed by atoms with E-state index in [0.717, 1.165) is 10.4 Å². The minimum Gasteiger partial charge on any atom is -0.465 e. The average molecular weight is 398 g/mol. The first-order valence-electron chi connectivity index (χ1n) is 8.57. The van der Waals surface area contributed by atoms with Crippen LogP contribution in [0.5, 0.6) is 0 Å². The van der Waals surface area contributed by atoms with Crippen molar-refractivity contribution < 1.29 is 18.7 Å². The number of rotatable bonds is 7. The van der Waals surface area contributed by atoms with E-state index in [0.29, 0.717) is 11.3 Å². The van der Waals surface area contributed by atoms with Crippen molar-refractivity contribution in [1.82, 2.24) is 5.32 Å². The summed E-state index contributed by atoms with van der Waals surface area (Å²) in [6.45, 7) is 0.0440. The third-order valence-electron chi connectivity index (χ3n) is 4.07. The normalized spacial score (nSPS) is 11.6. The van der Waals surface area contributed by atoms with Gasteiger partial charge >= 0.3 is 5.97 Å². The van der Waals surface area contributed by atoms with Crippen LogP contribution in [0.25, 0.3) is 0 Å². The van der Waals surface area contributed by atoms with Crippen molar-refractivity contribution in [2.75, 3.05) is 19.0 Å². The predicted molar refractivity (Wildman–Crippen MR) is 107 cm³/mol. The van der Waals surface area contributed by atoms with Gasteiger partial charge in [0.1, 0.15) is 5.82 Å². The number of esters is 1. The summed E-state index contributed by atoms with van der Waals surface area (Å²) in [5, 5.41) is 7.92. The van der Waals surface area contributed by atoms with Gasteiger partial charge in [0.05, 0.1) is 25.3 Å². The minimum absolute atomic E-state index is 0.0440. The molecule has 0 aliphatic heterocycles. The Kier molecular flexibility index (Phi) is 6.52. The number of benzene rings is 2. The van der Waals surface area contributed by atoms with Crippen molar-refractivity contribution in [3.63, 3.8) is 0 Å². The number of carbonyl (C=O) groups excluding carboxylic acids is 2. The number of halogens is 1. The first-order valence-corrected chi connectivity index (χ1v) is 9.45. The number of methoxy groups -OCH3 is 1. The summed E-state index contributed by atoms with van der Waals surface area (Å²) < 4.78 is 17.9. The van der Waals surface area contributed by atoms with Gasteiger partial charge in [-0.1, -0.05) is 24.3 Å². The Balaban J connectivity index is 1.67. The van der Waals surface area contributed by atoms with Crippen LogP contribution in [-0.2, 0) is 9.53 Å². The van der Waals surface area contributed by atoms with Crippen LogP contribution in [-0.4, -0.2) is 25.5 Å². The molecular weight excluding hydrogens is 379 g/mol. The van der Waals surface area contributed by atoms with Gasteiger partial charge in [0.25, 0.3) is 0 Å². The fourth-order valence-corrected chi connectivity index (χ4v) is 3.56. The van der Waals surface area contributed by atoms with Crippen molar-refractivity contribution in [3.05, 3.63) is 87.9 Å². The quantitative estimate of drug-likeness (QED) is 0.591. The number of thiophene rings is 1. The first kappa shape index (κ1) is 19.7. The Labute approximate surface area is 166 Å². The second-order valence-electron chi connectivity index (χ2n) is 6.00. The third kappa shape index (κ3) is 5.03. The summed E-state index contributed by atoms with van der Waals surface area (Å²) in [6, 6.07) is 16.4. The monoisotopic (exact) mass is 398 g/mol. The van der Waals surface area contributed by atoms with E-state index in [-0.39, 0.29) is 24.3 Å². The van der Waals surface area contributed by atoms with Crippen molar-refractivity contribution in [1.29, 1.82) is 0 Å². The summed E-state index contributed by atoms with van der Waals surface area (Å²) in [6.07, 6.45) is 0. The number of anilines is 1. The van der Waals surface area contributed by atoms with E-state index in [1.54, 1.807) is 47.7 Å². The van der Waals surface area contributed by atoms with E-state index in [2.05, 4.69) is 15.4 Å². The lowest BCUT2D eigenvalue weighted by Gasteiger charge is -2.18. The Morgan fingerprint density at radius 3 is 2.57 bits per heavy atom. The average Bonchev–Trinajstić information content (AvgIpc) is 3.23. The second kappa shape index (κ2) is 9.25. The lowest BCUT2D eigenvalue weighted by Crippen LogP contribution is -2.31. The number of hydrogen-bond acceptors (Lipinski definition) is 5. The molecule has 144 valence electrons. The molecule has 1 aromatic heterocycles. The summed E-state index contributed by atoms with van der Waals surface area (Å²) in [5.74, 6) is -1.04. The molecule has 1 heterocycles. The Morgan fingerprint density at radius 2 is 1.89 bits per heavy atom. The molecule has 0 aliphatic rings. The highest BCUT2D eigenvalue weighted by Gasteiger charge is 2.16. The van der Waals surface area contributed by atoms with E-state index in [9.17, 15) is 14.0 Å². The molecule has 3 aromatic rings. The van der Waals surface area contributed by atoms with E-state index < -0.39 is 5.97 Å². The van der Waals surface area contributed by atoms with Crippen LogP contribution in [0.3, 0.4) is 0 Å². The van der Waals surface area contributed by atoms with Gasteiger partial charge in [0.15, 0.2) is 0 Å². The zero-order valence-electron chi connectivity index (χ0n) is 15.1. The van der Waals surface area contributed by atoms with Gasteiger partial charge < -0.3 is 10.1 Å². The summed E-state index contributed by atoms with van der Waals surface area (Å²) >= 11 is 1.55. The molecule has 0 saturated carbocycles. The fourth-order valence-electron chi connectivity index (χ4n) is 2.74. The minimum atomic E-state index is -0.469. The van der Waals surface area contributed by atoms with Gasteiger partial charge in [-0.3, -0.25) is 10.1 Å². The van der Waals surface area contributed by atoms with Gasteiger partial charge in [0, 0.05) is 10.6 Å². The molecule has 3 rings (SSSR count). The summed E-state index contributed by atoms with van der Waals surface area (Å²) in [4.78, 5) is 25.0. The molecule has 0 saturated heterocycles. The number of ether oxygens (including phenoxy) is 1. The van der Waals surface area contributed by atoms with Crippen LogP contribution >= 0.6 is 11.3 Å².